The zero-order chi connectivity index (χ0) is 13.8. The van der Waals surface area contributed by atoms with Crippen LogP contribution in [0.15, 0.2) is 18.3 Å². The maximum Gasteiger partial charge on any atom is 0.337 e. The van der Waals surface area contributed by atoms with Gasteiger partial charge >= 0.3 is 5.97 Å². The molecule has 0 spiro atoms. The van der Waals surface area contributed by atoms with Crippen molar-refractivity contribution in [1.82, 2.24) is 9.88 Å². The molecule has 0 aliphatic carbocycles. The van der Waals surface area contributed by atoms with Crippen LogP contribution in [0.4, 0.5) is 0 Å². The summed E-state index contributed by atoms with van der Waals surface area (Å²) in [6.45, 7) is 1.23. The number of carbonyl (C=O) groups is 2. The molecule has 1 N–H and O–H groups in total. The highest BCUT2D eigenvalue weighted by Crippen LogP contribution is 2.15. The van der Waals surface area contributed by atoms with E-state index in [1.807, 2.05) is 0 Å². The zero-order valence-electron chi connectivity index (χ0n) is 10.7. The van der Waals surface area contributed by atoms with E-state index in [0.29, 0.717) is 13.1 Å². The number of hydrogen-bond acceptors (Lipinski definition) is 4. The van der Waals surface area contributed by atoms with Gasteiger partial charge in [0.05, 0.1) is 11.7 Å². The molecule has 1 amide bonds. The van der Waals surface area contributed by atoms with Crippen LogP contribution >= 0.6 is 0 Å². The van der Waals surface area contributed by atoms with E-state index in [2.05, 4.69) is 4.98 Å². The number of nitrogens with zero attached hydrogens (tertiary/aromatic N) is 2. The highest BCUT2D eigenvalue weighted by molar-refractivity contribution is 5.93. The summed E-state index contributed by atoms with van der Waals surface area (Å²) in [4.78, 5) is 28.5. The number of carboxylic acids is 1. The number of likely N-dealkylation sites (tertiary alicyclic amines) is 1. The Balaban J connectivity index is 2.08. The fourth-order valence-corrected chi connectivity index (χ4v) is 2.12. The molecular weight excluding hydrogens is 248 g/mol. The topological polar surface area (TPSA) is 79.7 Å². The second kappa shape index (κ2) is 5.79. The summed E-state index contributed by atoms with van der Waals surface area (Å²) >= 11 is 0. The fourth-order valence-electron chi connectivity index (χ4n) is 2.12. The third-order valence-electron chi connectivity index (χ3n) is 3.23. The standard InChI is InChI=1S/C13H16N2O4/c1-19-10-3-2-6-15(8-10)12(16)11-5-4-9(7-14-11)13(17)18/h4-5,7,10H,2-3,6,8H2,1H3,(H,17,18). The number of methoxy groups -OCH3 is 1. The lowest BCUT2D eigenvalue weighted by Gasteiger charge is -2.31. The first-order valence-electron chi connectivity index (χ1n) is 6.13. The maximum absolute atomic E-state index is 12.2. The summed E-state index contributed by atoms with van der Waals surface area (Å²) in [7, 11) is 1.64. The minimum absolute atomic E-state index is 0.0657. The minimum atomic E-state index is -1.05. The first kappa shape index (κ1) is 13.5. The Morgan fingerprint density at radius 1 is 1.47 bits per heavy atom. The first-order chi connectivity index (χ1) is 9.11. The van der Waals surface area contributed by atoms with Crippen molar-refractivity contribution in [3.05, 3.63) is 29.6 Å². The van der Waals surface area contributed by atoms with Crippen molar-refractivity contribution in [2.24, 2.45) is 0 Å². The van der Waals surface area contributed by atoms with Crippen LogP contribution in [0.5, 0.6) is 0 Å². The van der Waals surface area contributed by atoms with Crippen molar-refractivity contribution < 1.29 is 19.4 Å². The van der Waals surface area contributed by atoms with Gasteiger partial charge in [0.25, 0.3) is 5.91 Å². The number of aromatic nitrogens is 1. The van der Waals surface area contributed by atoms with E-state index in [1.165, 1.54) is 18.3 Å². The second-order valence-corrected chi connectivity index (χ2v) is 4.49. The third kappa shape index (κ3) is 3.08. The monoisotopic (exact) mass is 264 g/mol. The van der Waals surface area contributed by atoms with E-state index >= 15 is 0 Å². The normalized spacial score (nSPS) is 19.2. The number of carbonyl (C=O) groups excluding carboxylic acids is 1. The van der Waals surface area contributed by atoms with Crippen molar-refractivity contribution in [1.29, 1.82) is 0 Å². The lowest BCUT2D eigenvalue weighted by Crippen LogP contribution is -2.43. The lowest BCUT2D eigenvalue weighted by molar-refractivity contribution is 0.0265. The van der Waals surface area contributed by atoms with Gasteiger partial charge in [0, 0.05) is 26.4 Å². The summed E-state index contributed by atoms with van der Waals surface area (Å²) in [6, 6.07) is 2.84. The van der Waals surface area contributed by atoms with Crippen LogP contribution in [0, 0.1) is 0 Å². The highest BCUT2D eigenvalue weighted by Gasteiger charge is 2.25. The molecule has 0 radical (unpaired) electrons. The van der Waals surface area contributed by atoms with E-state index in [4.69, 9.17) is 9.84 Å². The molecule has 2 heterocycles. The lowest BCUT2D eigenvalue weighted by atomic mass is 10.1. The van der Waals surface area contributed by atoms with Crippen molar-refractivity contribution in [2.75, 3.05) is 20.2 Å². The van der Waals surface area contributed by atoms with Gasteiger partial charge in [-0.2, -0.15) is 0 Å². The first-order valence-corrected chi connectivity index (χ1v) is 6.13. The van der Waals surface area contributed by atoms with Crippen molar-refractivity contribution in [3.63, 3.8) is 0 Å². The number of carboxylic acid groups (broad SMARTS) is 1. The van der Waals surface area contributed by atoms with Gasteiger partial charge in [-0.05, 0) is 25.0 Å². The van der Waals surface area contributed by atoms with Crippen LogP contribution in [0.1, 0.15) is 33.7 Å². The maximum atomic E-state index is 12.2. The smallest absolute Gasteiger partial charge is 0.337 e. The summed E-state index contributed by atoms with van der Waals surface area (Å²) in [5.74, 6) is -1.23. The average molecular weight is 264 g/mol. The van der Waals surface area contributed by atoms with Gasteiger partial charge in [0.1, 0.15) is 5.69 Å². The van der Waals surface area contributed by atoms with Crippen LogP contribution in [0.3, 0.4) is 0 Å². The SMILES string of the molecule is COC1CCCN(C(=O)c2ccc(C(=O)O)cn2)C1. The Morgan fingerprint density at radius 2 is 2.26 bits per heavy atom. The van der Waals surface area contributed by atoms with Gasteiger partial charge in [-0.25, -0.2) is 4.79 Å². The summed E-state index contributed by atoms with van der Waals surface area (Å²) in [6.07, 6.45) is 3.12. The predicted octanol–water partition coefficient (Wildman–Crippen LogP) is 1.03. The Hall–Kier alpha value is -1.95. The number of pyridine rings is 1. The van der Waals surface area contributed by atoms with Gasteiger partial charge in [0.15, 0.2) is 0 Å². The molecule has 1 saturated heterocycles. The Labute approximate surface area is 111 Å². The molecule has 102 valence electrons. The molecule has 1 atom stereocenters. The number of amides is 1. The summed E-state index contributed by atoms with van der Waals surface area (Å²) in [5, 5.41) is 8.78. The molecule has 6 heteroatoms. The van der Waals surface area contributed by atoms with Gasteiger partial charge in [-0.1, -0.05) is 0 Å². The number of rotatable bonds is 3. The molecule has 1 aliphatic heterocycles. The molecule has 1 unspecified atom stereocenters. The van der Waals surface area contributed by atoms with Crippen LogP contribution in [-0.4, -0.2) is 53.2 Å². The number of hydrogen-bond donors (Lipinski definition) is 1. The average Bonchev–Trinajstić information content (AvgIpc) is 2.46. The third-order valence-corrected chi connectivity index (χ3v) is 3.23. The summed E-state index contributed by atoms with van der Waals surface area (Å²) in [5.41, 5.74) is 0.340. The molecule has 1 aliphatic rings. The van der Waals surface area contributed by atoms with Crippen molar-refractivity contribution in [2.45, 2.75) is 18.9 Å². The van der Waals surface area contributed by atoms with Gasteiger partial charge < -0.3 is 14.7 Å². The molecular formula is C13H16N2O4. The fraction of sp³-hybridized carbons (Fsp3) is 0.462. The predicted molar refractivity (Wildman–Crippen MR) is 67.1 cm³/mol. The molecule has 19 heavy (non-hydrogen) atoms. The molecule has 1 aromatic heterocycles. The van der Waals surface area contributed by atoms with Crippen LogP contribution < -0.4 is 0 Å². The number of aromatic carboxylic acids is 1. The van der Waals surface area contributed by atoms with E-state index < -0.39 is 5.97 Å². The second-order valence-electron chi connectivity index (χ2n) is 4.49. The van der Waals surface area contributed by atoms with Crippen LogP contribution in [0.2, 0.25) is 0 Å². The number of piperidine rings is 1. The molecule has 2 rings (SSSR count). The number of ether oxygens (including phenoxy) is 1. The quantitative estimate of drug-likeness (QED) is 0.882. The van der Waals surface area contributed by atoms with E-state index in [9.17, 15) is 9.59 Å². The Bertz CT molecular complexity index is 472. The molecule has 0 bridgehead atoms. The van der Waals surface area contributed by atoms with Gasteiger partial charge in [0.2, 0.25) is 0 Å². The Kier molecular flexibility index (Phi) is 4.11. The molecule has 0 saturated carbocycles. The van der Waals surface area contributed by atoms with Crippen LogP contribution in [-0.2, 0) is 4.74 Å². The Morgan fingerprint density at radius 3 is 2.84 bits per heavy atom. The van der Waals surface area contributed by atoms with E-state index in [-0.39, 0.29) is 23.3 Å². The zero-order valence-corrected chi connectivity index (χ0v) is 10.7. The van der Waals surface area contributed by atoms with Gasteiger partial charge in [-0.15, -0.1) is 0 Å². The largest absolute Gasteiger partial charge is 0.478 e. The minimum Gasteiger partial charge on any atom is -0.478 e. The molecule has 1 aromatic rings. The summed E-state index contributed by atoms with van der Waals surface area (Å²) < 4.78 is 5.27. The van der Waals surface area contributed by atoms with Gasteiger partial charge in [-0.3, -0.25) is 9.78 Å². The molecule has 6 nitrogen and oxygen atoms in total. The van der Waals surface area contributed by atoms with E-state index in [1.54, 1.807) is 12.0 Å². The van der Waals surface area contributed by atoms with Crippen molar-refractivity contribution in [3.8, 4) is 0 Å². The van der Waals surface area contributed by atoms with Crippen molar-refractivity contribution >= 4 is 11.9 Å². The van der Waals surface area contributed by atoms with E-state index in [0.717, 1.165) is 12.8 Å². The molecule has 0 aromatic carbocycles. The highest BCUT2D eigenvalue weighted by atomic mass is 16.5. The van der Waals surface area contributed by atoms with Crippen LogP contribution in [0.25, 0.3) is 0 Å². The molecule has 1 fully saturated rings.